The molecule has 66 valence electrons. The van der Waals surface area contributed by atoms with Gasteiger partial charge in [-0.1, -0.05) is 36.4 Å². The van der Waals surface area contributed by atoms with E-state index in [4.69, 9.17) is 0 Å². The first-order chi connectivity index (χ1) is 6.45. The molecule has 1 nitrogen and oxygen atoms in total. The van der Waals surface area contributed by atoms with Gasteiger partial charge in [-0.2, -0.15) is 0 Å². The molecule has 0 atom stereocenters. The molecule has 0 saturated heterocycles. The van der Waals surface area contributed by atoms with Crippen molar-refractivity contribution in [2.75, 3.05) is 0 Å². The number of hydrogen-bond donors (Lipinski definition) is 1. The van der Waals surface area contributed by atoms with E-state index in [1.165, 1.54) is 21.8 Å². The third-order valence-electron chi connectivity index (χ3n) is 2.41. The van der Waals surface area contributed by atoms with Crippen LogP contribution in [-0.4, -0.2) is 32.3 Å². The second-order valence-corrected chi connectivity index (χ2v) is 3.22. The molecule has 0 unspecified atom stereocenters. The Balaban J connectivity index is 0.000000750. The summed E-state index contributed by atoms with van der Waals surface area (Å²) in [5.41, 5.74) is 2.42. The van der Waals surface area contributed by atoms with Gasteiger partial charge in [0.2, 0.25) is 0 Å². The van der Waals surface area contributed by atoms with Crippen molar-refractivity contribution in [1.82, 2.24) is 4.98 Å². The van der Waals surface area contributed by atoms with Crippen LogP contribution >= 0.6 is 0 Å². The summed E-state index contributed by atoms with van der Waals surface area (Å²) in [5, 5.41) is 2.61. The summed E-state index contributed by atoms with van der Waals surface area (Å²) in [6.45, 7) is 0. The van der Waals surface area contributed by atoms with Crippen LogP contribution in [0.1, 0.15) is 0 Å². The van der Waals surface area contributed by atoms with Crippen LogP contribution in [0, 0.1) is 0 Å². The molecule has 0 spiro atoms. The van der Waals surface area contributed by atoms with Crippen LogP contribution in [0.5, 0.6) is 0 Å². The van der Waals surface area contributed by atoms with Gasteiger partial charge in [0, 0.05) is 49.1 Å². The van der Waals surface area contributed by atoms with Crippen molar-refractivity contribution in [3.63, 3.8) is 0 Å². The summed E-state index contributed by atoms with van der Waals surface area (Å²) >= 11 is 0. The fraction of sp³-hybridized carbons (Fsp3) is 0. The van der Waals surface area contributed by atoms with E-state index >= 15 is 0 Å². The maximum Gasteiger partial charge on any atom is 0.0464 e. The smallest absolute Gasteiger partial charge is 0.0464 e. The third kappa shape index (κ3) is 1.36. The molecular weight excluding hydrogens is 365 g/mol. The minimum Gasteiger partial charge on any atom is -0.355 e. The fourth-order valence-electron chi connectivity index (χ4n) is 1.80. The average Bonchev–Trinajstić information content (AvgIpc) is 2.56. The van der Waals surface area contributed by atoms with Crippen LogP contribution < -0.4 is 0 Å². The molecule has 1 aromatic heterocycles. The molecule has 2 heteroatoms. The van der Waals surface area contributed by atoms with Crippen molar-refractivity contribution in [3.05, 3.63) is 48.5 Å². The molecule has 0 aliphatic heterocycles. The van der Waals surface area contributed by atoms with Gasteiger partial charge in [0.05, 0.1) is 0 Å². The molecule has 3 aromatic rings. The number of para-hydroxylation sites is 2. The molecule has 14 heavy (non-hydrogen) atoms. The molecular formula is C12H9NPb. The molecule has 0 bridgehead atoms. The summed E-state index contributed by atoms with van der Waals surface area (Å²) in [6, 6.07) is 16.8. The molecule has 1 N–H and O–H groups in total. The van der Waals surface area contributed by atoms with Crippen molar-refractivity contribution in [2.24, 2.45) is 0 Å². The Morgan fingerprint density at radius 3 is 1.57 bits per heavy atom. The van der Waals surface area contributed by atoms with Gasteiger partial charge in [-0.25, -0.2) is 0 Å². The van der Waals surface area contributed by atoms with Crippen molar-refractivity contribution in [2.45, 2.75) is 0 Å². The van der Waals surface area contributed by atoms with Crippen LogP contribution in [0.3, 0.4) is 0 Å². The Morgan fingerprint density at radius 2 is 1.07 bits per heavy atom. The molecule has 2 aromatic carbocycles. The number of rotatable bonds is 0. The number of nitrogens with one attached hydrogen (secondary N) is 1. The second-order valence-electron chi connectivity index (χ2n) is 3.22. The van der Waals surface area contributed by atoms with Crippen LogP contribution in [0.4, 0.5) is 0 Å². The molecule has 1 heterocycles. The predicted octanol–water partition coefficient (Wildman–Crippen LogP) is 2.94. The van der Waals surface area contributed by atoms with Crippen LogP contribution in [-0.2, 0) is 0 Å². The Bertz CT molecular complexity index is 518. The summed E-state index contributed by atoms with van der Waals surface area (Å²) in [6.07, 6.45) is 0. The predicted molar refractivity (Wildman–Crippen MR) is 61.6 cm³/mol. The van der Waals surface area contributed by atoms with E-state index in [1.54, 1.807) is 0 Å². The maximum atomic E-state index is 3.38. The first-order valence-corrected chi connectivity index (χ1v) is 4.40. The number of hydrogen-bond acceptors (Lipinski definition) is 0. The molecule has 3 rings (SSSR count). The normalized spacial score (nSPS) is 10.3. The number of fused-ring (bicyclic) bond motifs is 3. The summed E-state index contributed by atoms with van der Waals surface area (Å²) in [7, 11) is 0. The van der Waals surface area contributed by atoms with Gasteiger partial charge in [0.25, 0.3) is 0 Å². The van der Waals surface area contributed by atoms with Gasteiger partial charge < -0.3 is 4.98 Å². The molecule has 0 saturated carbocycles. The standard InChI is InChI=1S/C12H9N.Pb/c1-3-7-11-9(5-1)10-6-2-4-8-12(10)13-11;/h1-8,13H;. The number of aromatic nitrogens is 1. The maximum absolute atomic E-state index is 3.38. The topological polar surface area (TPSA) is 15.8 Å². The molecule has 0 fully saturated rings. The molecule has 4 radical (unpaired) electrons. The summed E-state index contributed by atoms with van der Waals surface area (Å²) in [4.78, 5) is 3.38. The first kappa shape index (κ1) is 9.71. The van der Waals surface area contributed by atoms with E-state index < -0.39 is 0 Å². The Labute approximate surface area is 102 Å². The number of H-pyrrole nitrogens is 1. The third-order valence-corrected chi connectivity index (χ3v) is 2.41. The average molecular weight is 374 g/mol. The van der Waals surface area contributed by atoms with Crippen molar-refractivity contribution >= 4 is 49.1 Å². The minimum absolute atomic E-state index is 0. The minimum atomic E-state index is 0. The van der Waals surface area contributed by atoms with Crippen LogP contribution in [0.25, 0.3) is 21.8 Å². The SMILES string of the molecule is [Pb].c1ccc2c(c1)[nH]c1ccccc12. The zero-order valence-corrected chi connectivity index (χ0v) is 11.5. The summed E-state index contributed by atoms with van der Waals surface area (Å²) in [5.74, 6) is 0. The fourth-order valence-corrected chi connectivity index (χ4v) is 1.80. The Morgan fingerprint density at radius 1 is 0.643 bits per heavy atom. The van der Waals surface area contributed by atoms with E-state index in [0.717, 1.165) is 0 Å². The molecule has 0 amide bonds. The van der Waals surface area contributed by atoms with E-state index in [1.807, 2.05) is 0 Å². The van der Waals surface area contributed by atoms with Gasteiger partial charge in [-0.15, -0.1) is 0 Å². The summed E-state index contributed by atoms with van der Waals surface area (Å²) < 4.78 is 0. The van der Waals surface area contributed by atoms with E-state index in [-0.39, 0.29) is 27.3 Å². The van der Waals surface area contributed by atoms with Crippen LogP contribution in [0.15, 0.2) is 48.5 Å². The number of benzene rings is 2. The molecule has 0 aliphatic rings. The van der Waals surface area contributed by atoms with Gasteiger partial charge in [-0.3, -0.25) is 0 Å². The van der Waals surface area contributed by atoms with Gasteiger partial charge >= 0.3 is 0 Å². The van der Waals surface area contributed by atoms with Gasteiger partial charge in [-0.05, 0) is 12.1 Å². The van der Waals surface area contributed by atoms with Crippen molar-refractivity contribution in [3.8, 4) is 0 Å². The largest absolute Gasteiger partial charge is 0.355 e. The Hall–Kier alpha value is -0.838. The van der Waals surface area contributed by atoms with Gasteiger partial charge in [0.15, 0.2) is 0 Å². The zero-order chi connectivity index (χ0) is 8.67. The monoisotopic (exact) mass is 375 g/mol. The van der Waals surface area contributed by atoms with E-state index in [9.17, 15) is 0 Å². The molecule has 0 aliphatic carbocycles. The van der Waals surface area contributed by atoms with Crippen molar-refractivity contribution < 1.29 is 0 Å². The van der Waals surface area contributed by atoms with Crippen LogP contribution in [0.2, 0.25) is 0 Å². The quantitative estimate of drug-likeness (QED) is 0.583. The van der Waals surface area contributed by atoms with Gasteiger partial charge in [0.1, 0.15) is 0 Å². The first-order valence-electron chi connectivity index (χ1n) is 4.40. The zero-order valence-electron chi connectivity index (χ0n) is 7.62. The number of aromatic amines is 1. The second kappa shape index (κ2) is 3.73. The van der Waals surface area contributed by atoms with E-state index in [0.29, 0.717) is 0 Å². The van der Waals surface area contributed by atoms with E-state index in [2.05, 4.69) is 53.5 Å². The van der Waals surface area contributed by atoms with Crippen molar-refractivity contribution in [1.29, 1.82) is 0 Å². The Kier molecular flexibility index (Phi) is 2.58.